The Hall–Kier alpha value is -2.63. The summed E-state index contributed by atoms with van der Waals surface area (Å²) in [6.07, 6.45) is 4.90. The Morgan fingerprint density at radius 2 is 1.69 bits per heavy atom. The molecule has 0 atom stereocenters. The first-order chi connectivity index (χ1) is 14.2. The summed E-state index contributed by atoms with van der Waals surface area (Å²) in [5.41, 5.74) is 1.98. The predicted octanol–water partition coefficient (Wildman–Crippen LogP) is 3.74. The second-order valence-corrected chi connectivity index (χ2v) is 7.18. The number of ether oxygens (including phenoxy) is 1. The van der Waals surface area contributed by atoms with E-state index in [0.29, 0.717) is 13.0 Å². The van der Waals surface area contributed by atoms with Crippen molar-refractivity contribution < 1.29 is 9.53 Å². The molecule has 0 aromatic heterocycles. The molecule has 0 bridgehead atoms. The summed E-state index contributed by atoms with van der Waals surface area (Å²) in [6, 6.07) is 18.0. The summed E-state index contributed by atoms with van der Waals surface area (Å²) in [7, 11) is 0. The summed E-state index contributed by atoms with van der Waals surface area (Å²) in [6.45, 7) is 8.35. The topological polar surface area (TPSA) is 44.8 Å². The quantitative estimate of drug-likeness (QED) is 0.705. The number of nitrogens with one attached hydrogen (secondary N) is 1. The van der Waals surface area contributed by atoms with Gasteiger partial charge in [0.15, 0.2) is 0 Å². The van der Waals surface area contributed by atoms with E-state index in [2.05, 4.69) is 51.5 Å². The van der Waals surface area contributed by atoms with Crippen molar-refractivity contribution in [2.75, 3.05) is 51.2 Å². The highest BCUT2D eigenvalue weighted by Crippen LogP contribution is 2.23. The Morgan fingerprint density at radius 3 is 2.45 bits per heavy atom. The number of para-hydroxylation sites is 2. The van der Waals surface area contributed by atoms with Crippen LogP contribution in [-0.4, -0.2) is 61.6 Å². The second kappa shape index (κ2) is 11.4. The van der Waals surface area contributed by atoms with Crippen molar-refractivity contribution in [3.8, 4) is 5.75 Å². The molecule has 5 nitrogen and oxygen atoms in total. The number of nitrogens with zero attached hydrogens (tertiary/aromatic N) is 2. The Kier molecular flexibility index (Phi) is 8.28. The molecular formula is C24H31N3O2. The van der Waals surface area contributed by atoms with Gasteiger partial charge in [0.05, 0.1) is 12.3 Å². The maximum atomic E-state index is 12.3. The fourth-order valence-electron chi connectivity index (χ4n) is 3.42. The van der Waals surface area contributed by atoms with Gasteiger partial charge < -0.3 is 15.0 Å². The third kappa shape index (κ3) is 7.04. The first kappa shape index (κ1) is 21.1. The van der Waals surface area contributed by atoms with Gasteiger partial charge in [0, 0.05) is 45.7 Å². The Morgan fingerprint density at radius 1 is 1.00 bits per heavy atom. The first-order valence-electron chi connectivity index (χ1n) is 10.4. The van der Waals surface area contributed by atoms with Crippen molar-refractivity contribution in [1.82, 2.24) is 9.80 Å². The Labute approximate surface area is 174 Å². The Bertz CT molecular complexity index is 784. The molecule has 0 unspecified atom stereocenters. The number of hydrogen-bond acceptors (Lipinski definition) is 4. The zero-order valence-electron chi connectivity index (χ0n) is 17.2. The molecule has 0 saturated carbocycles. The summed E-state index contributed by atoms with van der Waals surface area (Å²) < 4.78 is 5.57. The summed E-state index contributed by atoms with van der Waals surface area (Å²) >= 11 is 0. The van der Waals surface area contributed by atoms with Crippen LogP contribution in [0.5, 0.6) is 5.75 Å². The van der Waals surface area contributed by atoms with Gasteiger partial charge in [-0.1, -0.05) is 54.6 Å². The van der Waals surface area contributed by atoms with Gasteiger partial charge in [0.1, 0.15) is 5.75 Å². The molecule has 3 rings (SSSR count). The minimum atomic E-state index is 0.0328. The molecule has 2 aromatic carbocycles. The number of benzene rings is 2. The number of carbonyl (C=O) groups excluding carboxylic acids is 1. The average Bonchev–Trinajstić information content (AvgIpc) is 2.75. The predicted molar refractivity (Wildman–Crippen MR) is 119 cm³/mol. The van der Waals surface area contributed by atoms with Crippen LogP contribution in [0.1, 0.15) is 18.9 Å². The van der Waals surface area contributed by atoms with Crippen LogP contribution in [0.25, 0.3) is 6.08 Å². The van der Waals surface area contributed by atoms with Crippen LogP contribution in [0.4, 0.5) is 5.69 Å². The monoisotopic (exact) mass is 393 g/mol. The van der Waals surface area contributed by atoms with Gasteiger partial charge in [0.25, 0.3) is 0 Å². The molecule has 154 valence electrons. The Balaban J connectivity index is 1.35. The maximum absolute atomic E-state index is 12.3. The van der Waals surface area contributed by atoms with Crippen LogP contribution in [0.15, 0.2) is 60.7 Å². The van der Waals surface area contributed by atoms with Crippen molar-refractivity contribution in [2.24, 2.45) is 0 Å². The fraction of sp³-hybridized carbons (Fsp3) is 0.375. The molecule has 1 amide bonds. The third-order valence-electron chi connectivity index (χ3n) is 5.05. The second-order valence-electron chi connectivity index (χ2n) is 7.18. The summed E-state index contributed by atoms with van der Waals surface area (Å²) in [5.74, 6) is 0.755. The molecule has 29 heavy (non-hydrogen) atoms. The van der Waals surface area contributed by atoms with Gasteiger partial charge in [-0.3, -0.25) is 9.69 Å². The summed E-state index contributed by atoms with van der Waals surface area (Å²) in [5, 5.41) is 2.98. The number of piperazine rings is 1. The lowest BCUT2D eigenvalue weighted by molar-refractivity contribution is -0.116. The normalized spacial score (nSPS) is 15.5. The SMILES string of the molecule is CCOc1ccccc1NC(=O)CCN1CCN(C/C=C/c2ccccc2)CC1. The van der Waals surface area contributed by atoms with Crippen molar-refractivity contribution in [3.05, 3.63) is 66.2 Å². The molecule has 1 fully saturated rings. The van der Waals surface area contributed by atoms with E-state index >= 15 is 0 Å². The molecule has 0 aliphatic carbocycles. The standard InChI is InChI=1S/C24H31N3O2/c1-2-29-23-13-7-6-12-22(23)25-24(28)14-16-27-19-17-26(18-20-27)15-8-11-21-9-4-3-5-10-21/h3-13H,2,14-20H2,1H3,(H,25,28)/b11-8+. The van der Waals surface area contributed by atoms with Crippen LogP contribution < -0.4 is 10.1 Å². The number of hydrogen-bond donors (Lipinski definition) is 1. The zero-order valence-corrected chi connectivity index (χ0v) is 17.2. The smallest absolute Gasteiger partial charge is 0.225 e. The number of amides is 1. The van der Waals surface area contributed by atoms with Crippen LogP contribution >= 0.6 is 0 Å². The average molecular weight is 394 g/mol. The first-order valence-corrected chi connectivity index (χ1v) is 10.4. The van der Waals surface area contributed by atoms with Gasteiger partial charge in [-0.15, -0.1) is 0 Å². The molecule has 1 heterocycles. The van der Waals surface area contributed by atoms with Crippen LogP contribution in [0.3, 0.4) is 0 Å². The minimum Gasteiger partial charge on any atom is -0.492 e. The fourth-order valence-corrected chi connectivity index (χ4v) is 3.42. The lowest BCUT2D eigenvalue weighted by Crippen LogP contribution is -2.46. The van der Waals surface area contributed by atoms with Gasteiger partial charge in [-0.25, -0.2) is 0 Å². The largest absolute Gasteiger partial charge is 0.492 e. The van der Waals surface area contributed by atoms with Crippen molar-refractivity contribution in [1.29, 1.82) is 0 Å². The van der Waals surface area contributed by atoms with Gasteiger partial charge in [-0.2, -0.15) is 0 Å². The van der Waals surface area contributed by atoms with Crippen LogP contribution in [0, 0.1) is 0 Å². The molecule has 1 aliphatic heterocycles. The van der Waals surface area contributed by atoms with Crippen LogP contribution in [-0.2, 0) is 4.79 Å². The van der Waals surface area contributed by atoms with E-state index in [1.54, 1.807) is 0 Å². The highest BCUT2D eigenvalue weighted by Gasteiger charge is 2.17. The van der Waals surface area contributed by atoms with E-state index in [1.165, 1.54) is 5.56 Å². The van der Waals surface area contributed by atoms with Gasteiger partial charge in [-0.05, 0) is 24.6 Å². The summed E-state index contributed by atoms with van der Waals surface area (Å²) in [4.78, 5) is 17.2. The van der Waals surface area contributed by atoms with E-state index in [4.69, 9.17) is 4.74 Å². The highest BCUT2D eigenvalue weighted by molar-refractivity contribution is 5.92. The lowest BCUT2D eigenvalue weighted by atomic mass is 10.2. The maximum Gasteiger partial charge on any atom is 0.225 e. The van der Waals surface area contributed by atoms with E-state index in [-0.39, 0.29) is 5.91 Å². The molecule has 0 radical (unpaired) electrons. The number of carbonyl (C=O) groups is 1. The van der Waals surface area contributed by atoms with Gasteiger partial charge in [0.2, 0.25) is 5.91 Å². The molecule has 2 aromatic rings. The third-order valence-corrected chi connectivity index (χ3v) is 5.05. The van der Waals surface area contributed by atoms with Crippen molar-refractivity contribution in [3.63, 3.8) is 0 Å². The van der Waals surface area contributed by atoms with E-state index < -0.39 is 0 Å². The zero-order chi connectivity index (χ0) is 20.3. The number of anilines is 1. The van der Waals surface area contributed by atoms with E-state index in [1.807, 2.05) is 37.3 Å². The van der Waals surface area contributed by atoms with Crippen molar-refractivity contribution in [2.45, 2.75) is 13.3 Å². The molecule has 1 aliphatic rings. The molecular weight excluding hydrogens is 362 g/mol. The highest BCUT2D eigenvalue weighted by atomic mass is 16.5. The van der Waals surface area contributed by atoms with E-state index in [9.17, 15) is 4.79 Å². The molecule has 1 saturated heterocycles. The molecule has 5 heteroatoms. The molecule has 1 N–H and O–H groups in total. The van der Waals surface area contributed by atoms with Crippen molar-refractivity contribution >= 4 is 17.7 Å². The minimum absolute atomic E-state index is 0.0328. The van der Waals surface area contributed by atoms with E-state index in [0.717, 1.165) is 50.7 Å². The van der Waals surface area contributed by atoms with Gasteiger partial charge >= 0.3 is 0 Å². The lowest BCUT2D eigenvalue weighted by Gasteiger charge is -2.34. The molecule has 0 spiro atoms. The number of rotatable bonds is 9. The van der Waals surface area contributed by atoms with Crippen LogP contribution in [0.2, 0.25) is 0 Å².